The number of rotatable bonds is 6. The van der Waals surface area contributed by atoms with E-state index in [2.05, 4.69) is 19.9 Å². The molecule has 3 heterocycles. The standard InChI is InChI=1S/C25H24N6O2/c1-29(2)15-22-26-12-13-30(22)18-6-4-17(5-7-18)23-25(32)24-21(14-27-23)28-16-31(24)19-8-10-20(33-3)11-9-19/h4-14,16,23H,15H2,1-3H3. The molecule has 0 bridgehead atoms. The van der Waals surface area contributed by atoms with Crippen LogP contribution in [0.3, 0.4) is 0 Å². The highest BCUT2D eigenvalue weighted by molar-refractivity contribution is 6.08. The van der Waals surface area contributed by atoms with Crippen LogP contribution in [0.25, 0.3) is 11.4 Å². The molecule has 5 rings (SSSR count). The maximum atomic E-state index is 13.5. The van der Waals surface area contributed by atoms with Gasteiger partial charge in [-0.05, 0) is 56.1 Å². The molecule has 0 saturated carbocycles. The largest absolute Gasteiger partial charge is 0.497 e. The van der Waals surface area contributed by atoms with Crippen molar-refractivity contribution in [2.45, 2.75) is 12.6 Å². The van der Waals surface area contributed by atoms with Crippen LogP contribution in [0.15, 0.2) is 72.2 Å². The summed E-state index contributed by atoms with van der Waals surface area (Å²) in [4.78, 5) is 28.9. The highest BCUT2D eigenvalue weighted by Crippen LogP contribution is 2.30. The van der Waals surface area contributed by atoms with E-state index in [1.54, 1.807) is 25.8 Å². The Morgan fingerprint density at radius 1 is 0.970 bits per heavy atom. The minimum atomic E-state index is -0.607. The third-order valence-electron chi connectivity index (χ3n) is 5.64. The second-order valence-electron chi connectivity index (χ2n) is 8.13. The molecule has 0 aliphatic carbocycles. The summed E-state index contributed by atoms with van der Waals surface area (Å²) in [5.41, 5.74) is 3.78. The van der Waals surface area contributed by atoms with E-state index in [0.29, 0.717) is 11.4 Å². The van der Waals surface area contributed by atoms with Crippen LogP contribution in [0, 0.1) is 0 Å². The molecule has 33 heavy (non-hydrogen) atoms. The van der Waals surface area contributed by atoms with Gasteiger partial charge in [0.1, 0.15) is 35.3 Å². The number of ketones is 1. The Hall–Kier alpha value is -4.04. The fraction of sp³-hybridized carbons (Fsp3) is 0.200. The molecule has 166 valence electrons. The summed E-state index contributed by atoms with van der Waals surface area (Å²) in [7, 11) is 5.65. The van der Waals surface area contributed by atoms with Gasteiger partial charge in [-0.2, -0.15) is 0 Å². The van der Waals surface area contributed by atoms with E-state index in [1.807, 2.05) is 78.0 Å². The van der Waals surface area contributed by atoms with Gasteiger partial charge in [-0.3, -0.25) is 14.4 Å². The molecule has 4 aromatic rings. The summed E-state index contributed by atoms with van der Waals surface area (Å²) in [5, 5.41) is 0. The maximum Gasteiger partial charge on any atom is 0.210 e. The third kappa shape index (κ3) is 3.85. The fourth-order valence-electron chi connectivity index (χ4n) is 4.01. The molecule has 2 aromatic carbocycles. The van der Waals surface area contributed by atoms with Crippen LogP contribution < -0.4 is 4.74 Å². The Morgan fingerprint density at radius 3 is 2.36 bits per heavy atom. The normalized spacial score (nSPS) is 15.2. The quantitative estimate of drug-likeness (QED) is 0.459. The zero-order valence-electron chi connectivity index (χ0n) is 18.7. The van der Waals surface area contributed by atoms with Crippen LogP contribution in [-0.4, -0.2) is 57.2 Å². The van der Waals surface area contributed by atoms with Crippen LogP contribution >= 0.6 is 0 Å². The summed E-state index contributed by atoms with van der Waals surface area (Å²) in [6.07, 6.45) is 7.08. The van der Waals surface area contributed by atoms with Gasteiger partial charge in [0.2, 0.25) is 5.78 Å². The van der Waals surface area contributed by atoms with Crippen molar-refractivity contribution in [2.75, 3.05) is 21.2 Å². The molecule has 1 aliphatic rings. The number of carbonyl (C=O) groups is 1. The monoisotopic (exact) mass is 440 g/mol. The Bertz CT molecular complexity index is 1320. The van der Waals surface area contributed by atoms with Gasteiger partial charge >= 0.3 is 0 Å². The molecule has 8 nitrogen and oxygen atoms in total. The van der Waals surface area contributed by atoms with Crippen molar-refractivity contribution in [3.05, 3.63) is 90.0 Å². The number of fused-ring (bicyclic) bond motifs is 1. The summed E-state index contributed by atoms with van der Waals surface area (Å²) >= 11 is 0. The topological polar surface area (TPSA) is 77.5 Å². The Labute approximate surface area is 191 Å². The number of benzene rings is 2. The predicted molar refractivity (Wildman–Crippen MR) is 126 cm³/mol. The molecule has 0 saturated heterocycles. The minimum Gasteiger partial charge on any atom is -0.497 e. The molecule has 1 aliphatic heterocycles. The summed E-state index contributed by atoms with van der Waals surface area (Å²) in [5.74, 6) is 1.63. The number of nitrogens with zero attached hydrogens (tertiary/aromatic N) is 6. The lowest BCUT2D eigenvalue weighted by molar-refractivity contribution is 0.0953. The molecular formula is C25H24N6O2. The van der Waals surface area contributed by atoms with E-state index in [0.717, 1.165) is 35.1 Å². The van der Waals surface area contributed by atoms with Crippen LogP contribution in [-0.2, 0) is 6.54 Å². The van der Waals surface area contributed by atoms with Gasteiger partial charge in [0.25, 0.3) is 0 Å². The first-order chi connectivity index (χ1) is 16.0. The van der Waals surface area contributed by atoms with E-state index < -0.39 is 6.04 Å². The lowest BCUT2D eigenvalue weighted by Crippen LogP contribution is -2.20. The number of aromatic nitrogens is 4. The van der Waals surface area contributed by atoms with E-state index >= 15 is 0 Å². The molecule has 0 N–H and O–H groups in total. The van der Waals surface area contributed by atoms with Crippen LogP contribution in [0.4, 0.5) is 0 Å². The number of carbonyl (C=O) groups excluding carboxylic acids is 1. The van der Waals surface area contributed by atoms with Gasteiger partial charge in [0.15, 0.2) is 0 Å². The molecule has 0 radical (unpaired) electrons. The van der Waals surface area contributed by atoms with Gasteiger partial charge in [0, 0.05) is 23.8 Å². The summed E-state index contributed by atoms with van der Waals surface area (Å²) in [6, 6.07) is 14.8. The number of ether oxygens (including phenoxy) is 1. The number of Topliss-reactive ketones (excluding diaryl/α,β-unsaturated/α-hetero) is 1. The summed E-state index contributed by atoms with van der Waals surface area (Å²) in [6.45, 7) is 0.734. The predicted octanol–water partition coefficient (Wildman–Crippen LogP) is 3.48. The Morgan fingerprint density at radius 2 is 1.67 bits per heavy atom. The summed E-state index contributed by atoms with van der Waals surface area (Å²) < 4.78 is 9.09. The lowest BCUT2D eigenvalue weighted by atomic mass is 9.97. The van der Waals surface area contributed by atoms with Crippen molar-refractivity contribution >= 4 is 12.0 Å². The van der Waals surface area contributed by atoms with Gasteiger partial charge in [-0.1, -0.05) is 12.1 Å². The van der Waals surface area contributed by atoms with Crippen molar-refractivity contribution < 1.29 is 9.53 Å². The first kappa shape index (κ1) is 20.8. The number of methoxy groups -OCH3 is 1. The Balaban J connectivity index is 1.43. The van der Waals surface area contributed by atoms with Crippen LogP contribution in [0.2, 0.25) is 0 Å². The Kier molecular flexibility index (Phi) is 5.35. The van der Waals surface area contributed by atoms with Gasteiger partial charge in [-0.15, -0.1) is 0 Å². The van der Waals surface area contributed by atoms with Crippen molar-refractivity contribution in [2.24, 2.45) is 4.99 Å². The van der Waals surface area contributed by atoms with Crippen molar-refractivity contribution in [3.8, 4) is 17.1 Å². The molecule has 1 atom stereocenters. The molecule has 0 spiro atoms. The molecule has 2 aromatic heterocycles. The van der Waals surface area contributed by atoms with E-state index in [-0.39, 0.29) is 5.78 Å². The zero-order valence-corrected chi connectivity index (χ0v) is 18.7. The van der Waals surface area contributed by atoms with Crippen molar-refractivity contribution in [3.63, 3.8) is 0 Å². The van der Waals surface area contributed by atoms with Gasteiger partial charge in [0.05, 0.1) is 19.9 Å². The lowest BCUT2D eigenvalue weighted by Gasteiger charge is -2.18. The maximum absolute atomic E-state index is 13.5. The molecular weight excluding hydrogens is 416 g/mol. The highest BCUT2D eigenvalue weighted by atomic mass is 16.5. The molecule has 0 fully saturated rings. The number of imidazole rings is 2. The van der Waals surface area contributed by atoms with Crippen LogP contribution in [0.5, 0.6) is 5.75 Å². The number of aliphatic imine (C=N–C) groups is 1. The smallest absolute Gasteiger partial charge is 0.210 e. The van der Waals surface area contributed by atoms with Gasteiger partial charge in [-0.25, -0.2) is 9.97 Å². The zero-order chi connectivity index (χ0) is 22.9. The number of hydrogen-bond donors (Lipinski definition) is 0. The van der Waals surface area contributed by atoms with E-state index in [4.69, 9.17) is 4.74 Å². The molecule has 8 heteroatoms. The molecule has 0 amide bonds. The second-order valence-corrected chi connectivity index (χ2v) is 8.13. The highest BCUT2D eigenvalue weighted by Gasteiger charge is 2.30. The first-order valence-corrected chi connectivity index (χ1v) is 10.6. The van der Waals surface area contributed by atoms with Crippen molar-refractivity contribution in [1.82, 2.24) is 24.0 Å². The molecule has 1 unspecified atom stereocenters. The average molecular weight is 441 g/mol. The van der Waals surface area contributed by atoms with Gasteiger partial charge < -0.3 is 14.2 Å². The van der Waals surface area contributed by atoms with E-state index in [9.17, 15) is 4.79 Å². The SMILES string of the molecule is COc1ccc(-n2cnc3c2C(=O)C(c2ccc(-n4ccnc4CN(C)C)cc2)N=C3)cc1. The fourth-order valence-corrected chi connectivity index (χ4v) is 4.01. The first-order valence-electron chi connectivity index (χ1n) is 10.6. The number of hydrogen-bond acceptors (Lipinski definition) is 6. The third-order valence-corrected chi connectivity index (χ3v) is 5.64. The van der Waals surface area contributed by atoms with Crippen molar-refractivity contribution in [1.29, 1.82) is 0 Å². The second kappa shape index (κ2) is 8.48. The average Bonchev–Trinajstić information content (AvgIpc) is 3.47. The van der Waals surface area contributed by atoms with E-state index in [1.165, 1.54) is 0 Å². The van der Waals surface area contributed by atoms with Crippen LogP contribution in [0.1, 0.15) is 33.6 Å². The minimum absolute atomic E-state index is 0.0792.